The van der Waals surface area contributed by atoms with Crippen LogP contribution in [-0.2, 0) is 20.0 Å². The Morgan fingerprint density at radius 1 is 0.935 bits per heavy atom. The predicted molar refractivity (Wildman–Crippen MR) is 118 cm³/mol. The number of hydrogen-bond donors (Lipinski definition) is 0. The van der Waals surface area contributed by atoms with Gasteiger partial charge in [-0.05, 0) is 49.2 Å². The van der Waals surface area contributed by atoms with E-state index in [4.69, 9.17) is 9.47 Å². The number of piperidine rings is 1. The van der Waals surface area contributed by atoms with Crippen LogP contribution in [0.15, 0.2) is 53.4 Å². The summed E-state index contributed by atoms with van der Waals surface area (Å²) >= 11 is 0. The third kappa shape index (κ3) is 4.81. The zero-order valence-electron chi connectivity index (χ0n) is 17.3. The van der Waals surface area contributed by atoms with Gasteiger partial charge in [0.2, 0.25) is 10.0 Å². The van der Waals surface area contributed by atoms with Crippen molar-refractivity contribution in [3.63, 3.8) is 0 Å². The number of ether oxygens (including phenoxy) is 2. The summed E-state index contributed by atoms with van der Waals surface area (Å²) in [5, 5.41) is 0. The molecule has 0 atom stereocenters. The fraction of sp³-hybridized carbons (Fsp3) is 0.429. The van der Waals surface area contributed by atoms with Crippen LogP contribution in [0.1, 0.15) is 19.3 Å². The van der Waals surface area contributed by atoms with Gasteiger partial charge >= 0.3 is 0 Å². The van der Waals surface area contributed by atoms with Crippen LogP contribution in [0.2, 0.25) is 0 Å². The maximum absolute atomic E-state index is 13.3. The second-order valence-electron chi connectivity index (χ2n) is 7.70. The van der Waals surface area contributed by atoms with Gasteiger partial charge in [-0.15, -0.1) is 0 Å². The van der Waals surface area contributed by atoms with Crippen LogP contribution < -0.4 is 13.8 Å². The molecule has 2 aliphatic heterocycles. The molecule has 0 aliphatic carbocycles. The summed E-state index contributed by atoms with van der Waals surface area (Å²) in [7, 11) is -6.93. The fourth-order valence-corrected chi connectivity index (χ4v) is 6.22. The molecule has 2 aromatic carbocycles. The molecular weight excluding hydrogens is 440 g/mol. The molecule has 2 aromatic rings. The smallest absolute Gasteiger partial charge is 0.264 e. The van der Waals surface area contributed by atoms with Crippen LogP contribution in [-0.4, -0.2) is 59.7 Å². The summed E-state index contributed by atoms with van der Waals surface area (Å²) in [5.74, 6) is 1.13. The Hall–Kier alpha value is -2.30. The first-order valence-corrected chi connectivity index (χ1v) is 13.5. The van der Waals surface area contributed by atoms with Crippen molar-refractivity contribution >= 4 is 25.7 Å². The molecule has 1 fully saturated rings. The number of benzene rings is 2. The van der Waals surface area contributed by atoms with E-state index in [9.17, 15) is 16.8 Å². The lowest BCUT2D eigenvalue weighted by Crippen LogP contribution is -2.41. The van der Waals surface area contributed by atoms with Crippen LogP contribution in [0.5, 0.6) is 11.5 Å². The molecule has 0 N–H and O–H groups in total. The van der Waals surface area contributed by atoms with Crippen LogP contribution in [0.3, 0.4) is 0 Å². The van der Waals surface area contributed by atoms with Gasteiger partial charge in [-0.1, -0.05) is 12.1 Å². The first-order chi connectivity index (χ1) is 14.7. The van der Waals surface area contributed by atoms with Crippen molar-refractivity contribution < 1.29 is 26.3 Å². The molecule has 2 heterocycles. The molecule has 0 saturated carbocycles. The number of fused-ring (bicyclic) bond motifs is 1. The number of hydrogen-bond acceptors (Lipinski definition) is 6. The van der Waals surface area contributed by atoms with Crippen LogP contribution in [0.4, 0.5) is 5.69 Å². The lowest BCUT2D eigenvalue weighted by Gasteiger charge is -2.30. The van der Waals surface area contributed by atoms with E-state index in [1.54, 1.807) is 42.5 Å². The summed E-state index contributed by atoms with van der Waals surface area (Å²) in [6, 6.07) is 13.5. The Kier molecular flexibility index (Phi) is 6.14. The van der Waals surface area contributed by atoms with Gasteiger partial charge in [0.25, 0.3) is 10.0 Å². The topological polar surface area (TPSA) is 93.2 Å². The first kappa shape index (κ1) is 21.9. The quantitative estimate of drug-likeness (QED) is 0.672. The molecule has 0 aromatic heterocycles. The van der Waals surface area contributed by atoms with Crippen molar-refractivity contribution in [2.75, 3.05) is 36.8 Å². The normalized spacial score (nSPS) is 18.7. The molecule has 8 nitrogen and oxygen atoms in total. The van der Waals surface area contributed by atoms with Gasteiger partial charge < -0.3 is 9.47 Å². The van der Waals surface area contributed by atoms with E-state index in [1.165, 1.54) is 14.9 Å². The summed E-state index contributed by atoms with van der Waals surface area (Å²) in [4.78, 5) is 0.184. The van der Waals surface area contributed by atoms with E-state index in [0.29, 0.717) is 62.7 Å². The molecule has 10 heteroatoms. The average Bonchev–Trinajstić information content (AvgIpc) is 2.97. The minimum atomic E-state index is -3.75. The highest BCUT2D eigenvalue weighted by molar-refractivity contribution is 7.92. The average molecular weight is 467 g/mol. The molecule has 1 saturated heterocycles. The molecule has 0 bridgehead atoms. The van der Waals surface area contributed by atoms with Gasteiger partial charge in [-0.2, -0.15) is 0 Å². The molecule has 4 rings (SSSR count). The van der Waals surface area contributed by atoms with E-state index in [2.05, 4.69) is 0 Å². The predicted octanol–water partition coefficient (Wildman–Crippen LogP) is 2.47. The second kappa shape index (κ2) is 8.68. The van der Waals surface area contributed by atoms with Crippen molar-refractivity contribution in [3.05, 3.63) is 48.5 Å². The van der Waals surface area contributed by atoms with Crippen LogP contribution >= 0.6 is 0 Å². The maximum atomic E-state index is 13.3. The number of sulfonamides is 2. The zero-order valence-corrected chi connectivity index (χ0v) is 18.9. The lowest BCUT2D eigenvalue weighted by molar-refractivity contribution is 0.135. The van der Waals surface area contributed by atoms with Crippen molar-refractivity contribution in [1.29, 1.82) is 0 Å². The Morgan fingerprint density at radius 3 is 2.29 bits per heavy atom. The summed E-state index contributed by atoms with van der Waals surface area (Å²) in [5.41, 5.74) is 0.540. The third-order valence-electron chi connectivity index (χ3n) is 5.48. The lowest BCUT2D eigenvalue weighted by atomic mass is 10.1. The van der Waals surface area contributed by atoms with Crippen molar-refractivity contribution in [1.82, 2.24) is 4.31 Å². The highest BCUT2D eigenvalue weighted by atomic mass is 32.2. The molecular formula is C21H26N2O6S2. The molecule has 0 unspecified atom stereocenters. The monoisotopic (exact) mass is 466 g/mol. The summed E-state index contributed by atoms with van der Waals surface area (Å²) in [6.45, 7) is 1.66. The second-order valence-corrected chi connectivity index (χ2v) is 11.5. The van der Waals surface area contributed by atoms with E-state index >= 15 is 0 Å². The molecule has 168 valence electrons. The number of rotatable bonds is 5. The van der Waals surface area contributed by atoms with E-state index in [1.807, 2.05) is 6.07 Å². The number of anilines is 1. The maximum Gasteiger partial charge on any atom is 0.264 e. The van der Waals surface area contributed by atoms with E-state index < -0.39 is 20.0 Å². The molecule has 0 radical (unpaired) electrons. The minimum Gasteiger partial charge on any atom is -0.491 e. The van der Waals surface area contributed by atoms with E-state index in [-0.39, 0.29) is 11.0 Å². The summed E-state index contributed by atoms with van der Waals surface area (Å²) in [6.07, 6.45) is 2.90. The largest absolute Gasteiger partial charge is 0.491 e. The van der Waals surface area contributed by atoms with E-state index in [0.717, 1.165) is 0 Å². The van der Waals surface area contributed by atoms with Gasteiger partial charge in [0.15, 0.2) is 0 Å². The van der Waals surface area contributed by atoms with Crippen LogP contribution in [0, 0.1) is 0 Å². The van der Waals surface area contributed by atoms with Crippen molar-refractivity contribution in [2.45, 2.75) is 30.3 Å². The first-order valence-electron chi connectivity index (χ1n) is 10.2. The van der Waals surface area contributed by atoms with Gasteiger partial charge in [-0.25, -0.2) is 21.1 Å². The van der Waals surface area contributed by atoms with Gasteiger partial charge in [0.05, 0.1) is 23.4 Å². The SMILES string of the molecule is CS(=O)(=O)N1CCC(Oc2ccc(S(=O)(=O)N3CCCOc4ccccc43)cc2)CC1. The van der Waals surface area contributed by atoms with Gasteiger partial charge in [0.1, 0.15) is 17.6 Å². The highest BCUT2D eigenvalue weighted by Crippen LogP contribution is 2.34. The fourth-order valence-electron chi connectivity index (χ4n) is 3.84. The van der Waals surface area contributed by atoms with Crippen LogP contribution in [0.25, 0.3) is 0 Å². The Balaban J connectivity index is 1.47. The van der Waals surface area contributed by atoms with Crippen molar-refractivity contribution in [3.8, 4) is 11.5 Å². The number of nitrogens with zero attached hydrogens (tertiary/aromatic N) is 2. The zero-order chi connectivity index (χ0) is 22.1. The highest BCUT2D eigenvalue weighted by Gasteiger charge is 2.29. The molecule has 0 amide bonds. The third-order valence-corrected chi connectivity index (χ3v) is 8.61. The Labute approximate surface area is 183 Å². The Bertz CT molecular complexity index is 1120. The van der Waals surface area contributed by atoms with Gasteiger partial charge in [-0.3, -0.25) is 4.31 Å². The summed E-state index contributed by atoms with van der Waals surface area (Å²) < 4.78 is 64.3. The number of para-hydroxylation sites is 2. The Morgan fingerprint density at radius 2 is 1.61 bits per heavy atom. The molecule has 31 heavy (non-hydrogen) atoms. The molecule has 0 spiro atoms. The van der Waals surface area contributed by atoms with Gasteiger partial charge in [0, 0.05) is 26.1 Å². The van der Waals surface area contributed by atoms with Crippen molar-refractivity contribution in [2.24, 2.45) is 0 Å². The molecule has 2 aliphatic rings. The standard InChI is InChI=1S/C21H26N2O6S2/c1-30(24,25)22-14-11-18(12-15-22)29-17-7-9-19(10-8-17)31(26,27)23-13-4-16-28-21-6-3-2-5-20(21)23/h2-3,5-10,18H,4,11-16H2,1H3. The minimum absolute atomic E-state index is 0.102.